The summed E-state index contributed by atoms with van der Waals surface area (Å²) >= 11 is 0. The van der Waals surface area contributed by atoms with Crippen molar-refractivity contribution < 1.29 is 19.0 Å². The number of carbonyl (C=O) groups excluding carboxylic acids is 1. The molecule has 5 rings (SSSR count). The molecule has 2 N–H and O–H groups in total. The minimum absolute atomic E-state index is 0.0274. The molecule has 6 heteroatoms. The Balaban J connectivity index is 1.58. The highest BCUT2D eigenvalue weighted by molar-refractivity contribution is 6.01. The lowest BCUT2D eigenvalue weighted by atomic mass is 9.78. The topological polar surface area (TPSA) is 68.8 Å². The van der Waals surface area contributed by atoms with E-state index in [0.29, 0.717) is 17.9 Å². The molecule has 2 unspecified atom stereocenters. The van der Waals surface area contributed by atoms with Crippen molar-refractivity contribution in [1.29, 1.82) is 0 Å². The molecule has 2 atom stereocenters. The third-order valence-corrected chi connectivity index (χ3v) is 6.76. The average Bonchev–Trinajstić information content (AvgIpc) is 3.05. The van der Waals surface area contributed by atoms with E-state index in [1.54, 1.807) is 14.2 Å². The van der Waals surface area contributed by atoms with E-state index in [0.717, 1.165) is 45.9 Å². The molecule has 0 saturated heterocycles. The number of benzene rings is 3. The first-order valence-corrected chi connectivity index (χ1v) is 12.3. The Morgan fingerprint density at radius 1 is 0.833 bits per heavy atom. The first-order chi connectivity index (χ1) is 17.5. The standard InChI is InChI=1S/C30H32N2O4/c1-18(2)36-27-13-12-20(17-28(27)35-4)30-29-25(31-23-10-5-6-11-24(23)32-30)15-21(16-26(29)33)19-8-7-9-22(14-19)34-3/h5-14,17-18,21,30-32H,15-16H2,1-4H3. The summed E-state index contributed by atoms with van der Waals surface area (Å²) in [4.78, 5) is 13.8. The zero-order valence-corrected chi connectivity index (χ0v) is 21.1. The van der Waals surface area contributed by atoms with Gasteiger partial charge in [-0.3, -0.25) is 4.79 Å². The van der Waals surface area contributed by atoms with Crippen molar-refractivity contribution in [3.63, 3.8) is 0 Å². The Morgan fingerprint density at radius 2 is 1.64 bits per heavy atom. The average molecular weight is 485 g/mol. The van der Waals surface area contributed by atoms with Gasteiger partial charge in [-0.15, -0.1) is 0 Å². The van der Waals surface area contributed by atoms with Gasteiger partial charge in [0.25, 0.3) is 0 Å². The van der Waals surface area contributed by atoms with Crippen LogP contribution >= 0.6 is 0 Å². The number of hydrogen-bond donors (Lipinski definition) is 2. The molecule has 0 aromatic heterocycles. The molecule has 0 fully saturated rings. The van der Waals surface area contributed by atoms with Crippen molar-refractivity contribution in [3.05, 3.63) is 89.1 Å². The highest BCUT2D eigenvalue weighted by Crippen LogP contribution is 2.45. The summed E-state index contributed by atoms with van der Waals surface area (Å²) in [5.74, 6) is 2.33. The number of fused-ring (bicyclic) bond motifs is 1. The van der Waals surface area contributed by atoms with E-state index in [1.807, 2.05) is 74.5 Å². The summed E-state index contributed by atoms with van der Waals surface area (Å²) in [6, 6.07) is 21.7. The molecule has 1 heterocycles. The third-order valence-electron chi connectivity index (χ3n) is 6.76. The Bertz CT molecular complexity index is 1310. The van der Waals surface area contributed by atoms with Gasteiger partial charge in [0.15, 0.2) is 17.3 Å². The Morgan fingerprint density at radius 3 is 2.39 bits per heavy atom. The monoisotopic (exact) mass is 484 g/mol. The number of methoxy groups -OCH3 is 2. The van der Waals surface area contributed by atoms with Crippen LogP contribution in [0.3, 0.4) is 0 Å². The van der Waals surface area contributed by atoms with Crippen LogP contribution in [-0.2, 0) is 4.79 Å². The third kappa shape index (κ3) is 4.63. The summed E-state index contributed by atoms with van der Waals surface area (Å²) in [7, 11) is 3.30. The van der Waals surface area contributed by atoms with Crippen molar-refractivity contribution in [2.75, 3.05) is 24.9 Å². The van der Waals surface area contributed by atoms with Crippen molar-refractivity contribution >= 4 is 17.2 Å². The molecule has 1 aliphatic carbocycles. The quantitative estimate of drug-likeness (QED) is 0.418. The van der Waals surface area contributed by atoms with Gasteiger partial charge in [0, 0.05) is 17.7 Å². The van der Waals surface area contributed by atoms with Gasteiger partial charge in [-0.25, -0.2) is 0 Å². The zero-order valence-electron chi connectivity index (χ0n) is 21.1. The highest BCUT2D eigenvalue weighted by Gasteiger charge is 2.36. The number of rotatable bonds is 6. The van der Waals surface area contributed by atoms with Gasteiger partial charge in [0.1, 0.15) is 5.75 Å². The molecule has 0 amide bonds. The largest absolute Gasteiger partial charge is 0.497 e. The summed E-state index contributed by atoms with van der Waals surface area (Å²) in [5.41, 5.74) is 5.67. The Kier molecular flexibility index (Phi) is 6.59. The Labute approximate surface area is 212 Å². The van der Waals surface area contributed by atoms with E-state index in [1.165, 1.54) is 0 Å². The minimum Gasteiger partial charge on any atom is -0.497 e. The number of anilines is 2. The lowest BCUT2D eigenvalue weighted by Gasteiger charge is -2.30. The van der Waals surface area contributed by atoms with Crippen molar-refractivity contribution in [2.45, 2.75) is 44.8 Å². The molecule has 3 aromatic rings. The van der Waals surface area contributed by atoms with E-state index in [4.69, 9.17) is 14.2 Å². The first kappa shape index (κ1) is 23.8. The summed E-state index contributed by atoms with van der Waals surface area (Å²) < 4.78 is 17.0. The van der Waals surface area contributed by atoms with Crippen LogP contribution in [0.1, 0.15) is 49.8 Å². The SMILES string of the molecule is COc1cccc(C2CC(=O)C3=C(C2)Nc2ccccc2NC3c2ccc(OC(C)C)c(OC)c2)c1. The van der Waals surface area contributed by atoms with Crippen molar-refractivity contribution in [1.82, 2.24) is 0 Å². The molecule has 1 aliphatic heterocycles. The van der Waals surface area contributed by atoms with E-state index in [-0.39, 0.29) is 23.8 Å². The van der Waals surface area contributed by atoms with E-state index < -0.39 is 0 Å². The molecule has 0 radical (unpaired) electrons. The molecule has 0 saturated carbocycles. The molecule has 0 bridgehead atoms. The maximum atomic E-state index is 13.8. The second-order valence-electron chi connectivity index (χ2n) is 9.52. The van der Waals surface area contributed by atoms with Gasteiger partial charge in [-0.1, -0.05) is 30.3 Å². The van der Waals surface area contributed by atoms with Crippen LogP contribution in [-0.4, -0.2) is 26.1 Å². The van der Waals surface area contributed by atoms with Gasteiger partial charge in [-0.2, -0.15) is 0 Å². The lowest BCUT2D eigenvalue weighted by molar-refractivity contribution is -0.116. The molecule has 0 spiro atoms. The maximum Gasteiger partial charge on any atom is 0.163 e. The van der Waals surface area contributed by atoms with Crippen LogP contribution in [0.5, 0.6) is 17.2 Å². The van der Waals surface area contributed by atoms with Gasteiger partial charge < -0.3 is 24.8 Å². The van der Waals surface area contributed by atoms with E-state index >= 15 is 0 Å². The van der Waals surface area contributed by atoms with Crippen LogP contribution < -0.4 is 24.8 Å². The summed E-state index contributed by atoms with van der Waals surface area (Å²) in [6.45, 7) is 3.97. The number of carbonyl (C=O) groups is 1. The Hall–Kier alpha value is -3.93. The fraction of sp³-hybridized carbons (Fsp3) is 0.300. The van der Waals surface area contributed by atoms with Crippen LogP contribution in [0, 0.1) is 0 Å². The molecule has 3 aromatic carbocycles. The van der Waals surface area contributed by atoms with Gasteiger partial charge >= 0.3 is 0 Å². The molecule has 6 nitrogen and oxygen atoms in total. The summed E-state index contributed by atoms with van der Waals surface area (Å²) in [6.07, 6.45) is 1.19. The molecule has 2 aliphatic rings. The predicted octanol–water partition coefficient (Wildman–Crippen LogP) is 6.47. The second-order valence-corrected chi connectivity index (χ2v) is 9.52. The van der Waals surface area contributed by atoms with E-state index in [2.05, 4.69) is 16.7 Å². The predicted molar refractivity (Wildman–Crippen MR) is 142 cm³/mol. The van der Waals surface area contributed by atoms with Crippen LogP contribution in [0.25, 0.3) is 0 Å². The summed E-state index contributed by atoms with van der Waals surface area (Å²) in [5, 5.41) is 7.23. The number of nitrogens with one attached hydrogen (secondary N) is 2. The number of hydrogen-bond acceptors (Lipinski definition) is 6. The zero-order chi connectivity index (χ0) is 25.2. The normalized spacial score (nSPS) is 19.0. The van der Waals surface area contributed by atoms with Gasteiger partial charge in [0.05, 0.1) is 37.7 Å². The fourth-order valence-corrected chi connectivity index (χ4v) is 5.09. The van der Waals surface area contributed by atoms with Gasteiger partial charge in [0.2, 0.25) is 0 Å². The van der Waals surface area contributed by atoms with Crippen LogP contribution in [0.2, 0.25) is 0 Å². The van der Waals surface area contributed by atoms with E-state index in [9.17, 15) is 4.79 Å². The molecular formula is C30H32N2O4. The van der Waals surface area contributed by atoms with Crippen LogP contribution in [0.4, 0.5) is 11.4 Å². The molecule has 36 heavy (non-hydrogen) atoms. The number of Topliss-reactive ketones (excluding diaryl/α,β-unsaturated/α-hetero) is 1. The number of ether oxygens (including phenoxy) is 3. The second kappa shape index (κ2) is 9.97. The first-order valence-electron chi connectivity index (χ1n) is 12.3. The lowest BCUT2D eigenvalue weighted by Crippen LogP contribution is -2.27. The maximum absolute atomic E-state index is 13.8. The molecular weight excluding hydrogens is 452 g/mol. The number of allylic oxidation sites excluding steroid dienone is 1. The van der Waals surface area contributed by atoms with Crippen LogP contribution in [0.15, 0.2) is 78.0 Å². The number of para-hydroxylation sites is 2. The number of ketones is 1. The van der Waals surface area contributed by atoms with Crippen molar-refractivity contribution in [3.8, 4) is 17.2 Å². The smallest absolute Gasteiger partial charge is 0.163 e. The minimum atomic E-state index is -0.322. The highest BCUT2D eigenvalue weighted by atomic mass is 16.5. The van der Waals surface area contributed by atoms with Gasteiger partial charge in [-0.05, 0) is 73.7 Å². The molecule has 186 valence electrons. The van der Waals surface area contributed by atoms with Crippen molar-refractivity contribution in [2.24, 2.45) is 0 Å². The fourth-order valence-electron chi connectivity index (χ4n) is 5.09.